The van der Waals surface area contributed by atoms with E-state index in [1.807, 2.05) is 13.8 Å². The van der Waals surface area contributed by atoms with Crippen molar-refractivity contribution in [3.63, 3.8) is 0 Å². The van der Waals surface area contributed by atoms with E-state index in [0.29, 0.717) is 23.7 Å². The minimum absolute atomic E-state index is 0.146. The van der Waals surface area contributed by atoms with Crippen LogP contribution in [-0.2, 0) is 9.59 Å². The minimum atomic E-state index is -0.706. The van der Waals surface area contributed by atoms with E-state index in [-0.39, 0.29) is 12.5 Å². The van der Waals surface area contributed by atoms with Gasteiger partial charge in [-0.2, -0.15) is 0 Å². The molecular formula is C15H19ClN2O3. The van der Waals surface area contributed by atoms with Crippen molar-refractivity contribution < 1.29 is 14.7 Å². The number of aliphatic hydroxyl groups excluding tert-OH is 1. The molecule has 0 saturated carbocycles. The van der Waals surface area contributed by atoms with Crippen LogP contribution in [0.4, 0.5) is 5.69 Å². The van der Waals surface area contributed by atoms with Gasteiger partial charge in [-0.3, -0.25) is 9.59 Å². The van der Waals surface area contributed by atoms with Crippen molar-refractivity contribution >= 4 is 29.1 Å². The molecule has 1 aromatic rings. The SMILES string of the molecule is Cc1ccc(Cl)cc1NC(=O)C(=O)N1CCC(C)C(O)C1. The van der Waals surface area contributed by atoms with Crippen molar-refractivity contribution in [2.45, 2.75) is 26.4 Å². The molecule has 1 aromatic carbocycles. The number of carbonyl (C=O) groups is 2. The highest BCUT2D eigenvalue weighted by atomic mass is 35.5. The molecule has 2 amide bonds. The molecule has 114 valence electrons. The Morgan fingerprint density at radius 3 is 2.81 bits per heavy atom. The van der Waals surface area contributed by atoms with E-state index in [9.17, 15) is 14.7 Å². The average Bonchev–Trinajstić information content (AvgIpc) is 2.45. The van der Waals surface area contributed by atoms with Crippen molar-refractivity contribution in [1.82, 2.24) is 4.90 Å². The van der Waals surface area contributed by atoms with E-state index < -0.39 is 17.9 Å². The lowest BCUT2D eigenvalue weighted by Crippen LogP contribution is -2.49. The Morgan fingerprint density at radius 1 is 1.43 bits per heavy atom. The fourth-order valence-corrected chi connectivity index (χ4v) is 2.45. The number of carbonyl (C=O) groups excluding carboxylic acids is 2. The first-order valence-electron chi connectivity index (χ1n) is 6.93. The van der Waals surface area contributed by atoms with Gasteiger partial charge >= 0.3 is 11.8 Å². The largest absolute Gasteiger partial charge is 0.391 e. The van der Waals surface area contributed by atoms with Crippen molar-refractivity contribution in [1.29, 1.82) is 0 Å². The number of aliphatic hydroxyl groups is 1. The zero-order valence-electron chi connectivity index (χ0n) is 12.1. The lowest BCUT2D eigenvalue weighted by Gasteiger charge is -2.33. The Labute approximate surface area is 128 Å². The Hall–Kier alpha value is -1.59. The van der Waals surface area contributed by atoms with Crippen LogP contribution < -0.4 is 5.32 Å². The molecule has 6 heteroatoms. The van der Waals surface area contributed by atoms with Gasteiger partial charge in [0.15, 0.2) is 0 Å². The van der Waals surface area contributed by atoms with Gasteiger partial charge in [-0.1, -0.05) is 24.6 Å². The molecule has 0 bridgehead atoms. The highest BCUT2D eigenvalue weighted by Gasteiger charge is 2.30. The molecule has 0 aromatic heterocycles. The van der Waals surface area contributed by atoms with Crippen LogP contribution in [0.2, 0.25) is 5.02 Å². The molecule has 1 aliphatic heterocycles. The lowest BCUT2D eigenvalue weighted by molar-refractivity contribution is -0.146. The van der Waals surface area contributed by atoms with Gasteiger partial charge in [-0.25, -0.2) is 0 Å². The third kappa shape index (κ3) is 3.74. The summed E-state index contributed by atoms with van der Waals surface area (Å²) in [7, 11) is 0. The van der Waals surface area contributed by atoms with Crippen LogP contribution in [0.5, 0.6) is 0 Å². The van der Waals surface area contributed by atoms with Crippen molar-refractivity contribution in [2.24, 2.45) is 5.92 Å². The molecule has 5 nitrogen and oxygen atoms in total. The van der Waals surface area contributed by atoms with Crippen LogP contribution in [-0.4, -0.2) is 41.0 Å². The first-order valence-corrected chi connectivity index (χ1v) is 7.30. The van der Waals surface area contributed by atoms with Gasteiger partial charge in [0.1, 0.15) is 0 Å². The molecule has 2 rings (SSSR count). The topological polar surface area (TPSA) is 69.6 Å². The second-order valence-corrected chi connectivity index (χ2v) is 5.93. The minimum Gasteiger partial charge on any atom is -0.391 e. The fourth-order valence-electron chi connectivity index (χ4n) is 2.28. The Morgan fingerprint density at radius 2 is 2.14 bits per heavy atom. The number of benzene rings is 1. The monoisotopic (exact) mass is 310 g/mol. The summed E-state index contributed by atoms with van der Waals surface area (Å²) in [6, 6.07) is 5.10. The summed E-state index contributed by atoms with van der Waals surface area (Å²) in [6.45, 7) is 4.44. The molecule has 1 fully saturated rings. The van der Waals surface area contributed by atoms with Crippen LogP contribution in [0.25, 0.3) is 0 Å². The third-order valence-corrected chi connectivity index (χ3v) is 4.08. The first kappa shape index (κ1) is 15.8. The maximum Gasteiger partial charge on any atom is 0.313 e. The van der Waals surface area contributed by atoms with Gasteiger partial charge in [-0.15, -0.1) is 0 Å². The fraction of sp³-hybridized carbons (Fsp3) is 0.467. The van der Waals surface area contributed by atoms with Gasteiger partial charge in [-0.05, 0) is 37.0 Å². The van der Waals surface area contributed by atoms with Crippen LogP contribution >= 0.6 is 11.6 Å². The molecule has 0 spiro atoms. The van der Waals surface area contributed by atoms with Gasteiger partial charge in [0.05, 0.1) is 6.10 Å². The molecular weight excluding hydrogens is 292 g/mol. The maximum absolute atomic E-state index is 12.1. The van der Waals surface area contributed by atoms with Gasteiger partial charge in [0.25, 0.3) is 0 Å². The van der Waals surface area contributed by atoms with E-state index in [1.54, 1.807) is 18.2 Å². The Bertz CT molecular complexity index is 562. The normalized spacial score (nSPS) is 22.0. The van der Waals surface area contributed by atoms with E-state index >= 15 is 0 Å². The molecule has 1 aliphatic rings. The third-order valence-electron chi connectivity index (χ3n) is 3.85. The summed E-state index contributed by atoms with van der Waals surface area (Å²) < 4.78 is 0. The van der Waals surface area contributed by atoms with Crippen LogP contribution in [0.15, 0.2) is 18.2 Å². The second-order valence-electron chi connectivity index (χ2n) is 5.50. The van der Waals surface area contributed by atoms with Crippen LogP contribution in [0.1, 0.15) is 18.9 Å². The highest BCUT2D eigenvalue weighted by Crippen LogP contribution is 2.21. The number of hydrogen-bond donors (Lipinski definition) is 2. The standard InChI is InChI=1S/C15H19ClN2O3/c1-9-3-4-11(16)7-12(9)17-14(20)15(21)18-6-5-10(2)13(19)8-18/h3-4,7,10,13,19H,5-6,8H2,1-2H3,(H,17,20). The first-order chi connectivity index (χ1) is 9.88. The van der Waals surface area contributed by atoms with Crippen LogP contribution in [0, 0.1) is 12.8 Å². The average molecular weight is 311 g/mol. The number of nitrogens with zero attached hydrogens (tertiary/aromatic N) is 1. The number of halogens is 1. The number of aryl methyl sites for hydroxylation is 1. The Kier molecular flexibility index (Phi) is 4.85. The predicted molar refractivity (Wildman–Crippen MR) is 81.2 cm³/mol. The zero-order chi connectivity index (χ0) is 15.6. The predicted octanol–water partition coefficient (Wildman–Crippen LogP) is 1.82. The number of likely N-dealkylation sites (tertiary alicyclic amines) is 1. The molecule has 0 radical (unpaired) electrons. The number of piperidine rings is 1. The van der Waals surface area contributed by atoms with E-state index in [1.165, 1.54) is 4.90 Å². The smallest absolute Gasteiger partial charge is 0.313 e. The van der Waals surface area contributed by atoms with Gasteiger partial charge < -0.3 is 15.3 Å². The Balaban J connectivity index is 2.03. The number of nitrogens with one attached hydrogen (secondary N) is 1. The number of amides is 2. The number of rotatable bonds is 1. The van der Waals surface area contributed by atoms with Gasteiger partial charge in [0.2, 0.25) is 0 Å². The zero-order valence-corrected chi connectivity index (χ0v) is 12.9. The van der Waals surface area contributed by atoms with E-state index in [0.717, 1.165) is 5.56 Å². The molecule has 1 saturated heterocycles. The molecule has 2 atom stereocenters. The molecule has 2 unspecified atom stereocenters. The van der Waals surface area contributed by atoms with Crippen LogP contribution in [0.3, 0.4) is 0 Å². The number of hydrogen-bond acceptors (Lipinski definition) is 3. The highest BCUT2D eigenvalue weighted by molar-refractivity contribution is 6.39. The van der Waals surface area contributed by atoms with E-state index in [2.05, 4.69) is 5.32 Å². The lowest BCUT2D eigenvalue weighted by atomic mass is 9.96. The quantitative estimate of drug-likeness (QED) is 0.777. The summed E-state index contributed by atoms with van der Waals surface area (Å²) in [4.78, 5) is 25.5. The molecule has 2 N–H and O–H groups in total. The second kappa shape index (κ2) is 6.45. The van der Waals surface area contributed by atoms with Crippen molar-refractivity contribution in [3.8, 4) is 0 Å². The maximum atomic E-state index is 12.1. The molecule has 0 aliphatic carbocycles. The summed E-state index contributed by atoms with van der Waals surface area (Å²) in [6.07, 6.45) is 0.111. The van der Waals surface area contributed by atoms with Gasteiger partial charge in [0, 0.05) is 23.8 Å². The summed E-state index contributed by atoms with van der Waals surface area (Å²) >= 11 is 5.88. The van der Waals surface area contributed by atoms with Crippen molar-refractivity contribution in [2.75, 3.05) is 18.4 Å². The number of β-amino-alcohol motifs (C(OH)–C–C–N with tert-alkyl or cyclic N) is 1. The molecule has 1 heterocycles. The number of anilines is 1. The van der Waals surface area contributed by atoms with E-state index in [4.69, 9.17) is 11.6 Å². The summed E-state index contributed by atoms with van der Waals surface area (Å²) in [5, 5.41) is 12.9. The molecule has 21 heavy (non-hydrogen) atoms. The van der Waals surface area contributed by atoms with Crippen molar-refractivity contribution in [3.05, 3.63) is 28.8 Å². The summed E-state index contributed by atoms with van der Waals surface area (Å²) in [5.41, 5.74) is 1.35. The summed E-state index contributed by atoms with van der Waals surface area (Å²) in [5.74, 6) is -1.19.